The number of aromatic nitrogens is 1. The molecular formula is C12H14N2O4S2. The molecule has 0 aliphatic rings. The Morgan fingerprint density at radius 3 is 2.45 bits per heavy atom. The molecule has 20 heavy (non-hydrogen) atoms. The van der Waals surface area contributed by atoms with Gasteiger partial charge < -0.3 is 9.72 Å². The summed E-state index contributed by atoms with van der Waals surface area (Å²) in [6.45, 7) is 3.96. The van der Waals surface area contributed by atoms with Crippen LogP contribution in [0, 0.1) is 6.92 Å². The molecule has 0 bridgehead atoms. The number of ether oxygens (including phenoxy) is 1. The van der Waals surface area contributed by atoms with Crippen molar-refractivity contribution < 1.29 is 13.2 Å². The van der Waals surface area contributed by atoms with E-state index in [-0.39, 0.29) is 4.21 Å². The smallest absolute Gasteiger partial charge is 0.306 e. The Kier molecular flexibility index (Phi) is 4.15. The molecule has 108 valence electrons. The van der Waals surface area contributed by atoms with Crippen LogP contribution in [0.1, 0.15) is 12.6 Å². The van der Waals surface area contributed by atoms with E-state index in [2.05, 4.69) is 9.71 Å². The molecule has 0 radical (unpaired) electrons. The van der Waals surface area contributed by atoms with E-state index in [0.717, 1.165) is 0 Å². The molecule has 0 aliphatic carbocycles. The zero-order chi connectivity index (χ0) is 14.8. The SMILES string of the molecule is CCOc1ccc(NS(=O)(=O)c2sc(=O)[nH]c2C)cc1. The van der Waals surface area contributed by atoms with Gasteiger partial charge in [0.2, 0.25) is 0 Å². The number of thiazole rings is 1. The summed E-state index contributed by atoms with van der Waals surface area (Å²) in [6, 6.07) is 6.56. The predicted octanol–water partition coefficient (Wildman–Crippen LogP) is 1.94. The highest BCUT2D eigenvalue weighted by Gasteiger charge is 2.20. The summed E-state index contributed by atoms with van der Waals surface area (Å²) in [5.74, 6) is 0.665. The lowest BCUT2D eigenvalue weighted by Crippen LogP contribution is -2.12. The Bertz CT molecular complexity index is 745. The summed E-state index contributed by atoms with van der Waals surface area (Å²) < 4.78 is 32.0. The fourth-order valence-corrected chi connectivity index (χ4v) is 3.99. The van der Waals surface area contributed by atoms with Crippen LogP contribution >= 0.6 is 11.3 Å². The highest BCUT2D eigenvalue weighted by atomic mass is 32.2. The summed E-state index contributed by atoms with van der Waals surface area (Å²) in [4.78, 5) is 13.2. The standard InChI is InChI=1S/C12H14N2O4S2/c1-3-18-10-6-4-9(5-7-10)14-20(16,17)11-8(2)13-12(15)19-11/h4-7,14H,3H2,1-2H3,(H,13,15). The molecule has 8 heteroatoms. The number of rotatable bonds is 5. The normalized spacial score (nSPS) is 11.3. The lowest BCUT2D eigenvalue weighted by atomic mass is 10.3. The van der Waals surface area contributed by atoms with Gasteiger partial charge in [0.25, 0.3) is 10.0 Å². The maximum absolute atomic E-state index is 12.2. The van der Waals surface area contributed by atoms with Crippen molar-refractivity contribution in [2.45, 2.75) is 18.1 Å². The molecule has 0 fully saturated rings. The predicted molar refractivity (Wildman–Crippen MR) is 78.1 cm³/mol. The van der Waals surface area contributed by atoms with Crippen molar-refractivity contribution >= 4 is 27.0 Å². The molecule has 1 heterocycles. The Morgan fingerprint density at radius 1 is 1.30 bits per heavy atom. The van der Waals surface area contributed by atoms with Crippen LogP contribution in [-0.4, -0.2) is 20.0 Å². The van der Waals surface area contributed by atoms with Gasteiger partial charge in [0.1, 0.15) is 5.75 Å². The van der Waals surface area contributed by atoms with Crippen LogP contribution in [-0.2, 0) is 10.0 Å². The molecule has 0 aliphatic heterocycles. The molecular weight excluding hydrogens is 300 g/mol. The third kappa shape index (κ3) is 3.20. The summed E-state index contributed by atoms with van der Waals surface area (Å²) in [5, 5.41) is 0. The number of nitrogens with one attached hydrogen (secondary N) is 2. The van der Waals surface area contributed by atoms with Crippen molar-refractivity contribution in [3.05, 3.63) is 39.6 Å². The second-order valence-corrected chi connectivity index (χ2v) is 6.85. The minimum Gasteiger partial charge on any atom is -0.494 e. The Labute approximate surface area is 120 Å². The van der Waals surface area contributed by atoms with Gasteiger partial charge >= 0.3 is 4.87 Å². The average Bonchev–Trinajstić information content (AvgIpc) is 2.72. The zero-order valence-electron chi connectivity index (χ0n) is 11.0. The molecule has 0 saturated carbocycles. The number of benzene rings is 1. The van der Waals surface area contributed by atoms with Crippen molar-refractivity contribution in [2.75, 3.05) is 11.3 Å². The molecule has 0 atom stereocenters. The van der Waals surface area contributed by atoms with Gasteiger partial charge in [-0.2, -0.15) is 0 Å². The maximum atomic E-state index is 12.2. The number of aromatic amines is 1. The monoisotopic (exact) mass is 314 g/mol. The summed E-state index contributed by atoms with van der Waals surface area (Å²) >= 11 is 0.666. The van der Waals surface area contributed by atoms with Crippen molar-refractivity contribution in [3.8, 4) is 5.75 Å². The van der Waals surface area contributed by atoms with E-state index in [9.17, 15) is 13.2 Å². The second-order valence-electron chi connectivity index (χ2n) is 3.99. The average molecular weight is 314 g/mol. The Morgan fingerprint density at radius 2 is 1.95 bits per heavy atom. The quantitative estimate of drug-likeness (QED) is 0.883. The molecule has 2 aromatic rings. The molecule has 2 rings (SSSR count). The van der Waals surface area contributed by atoms with Crippen LogP contribution < -0.4 is 14.3 Å². The number of sulfonamides is 1. The van der Waals surface area contributed by atoms with Crippen molar-refractivity contribution in [1.29, 1.82) is 0 Å². The van der Waals surface area contributed by atoms with Crippen LogP contribution in [0.2, 0.25) is 0 Å². The second kappa shape index (κ2) is 5.68. The van der Waals surface area contributed by atoms with E-state index in [1.807, 2.05) is 6.92 Å². The molecule has 6 nitrogen and oxygen atoms in total. The van der Waals surface area contributed by atoms with Crippen LogP contribution in [0.4, 0.5) is 5.69 Å². The van der Waals surface area contributed by atoms with Crippen molar-refractivity contribution in [1.82, 2.24) is 4.98 Å². The fourth-order valence-electron chi connectivity index (χ4n) is 1.63. The molecule has 2 N–H and O–H groups in total. The highest BCUT2D eigenvalue weighted by Crippen LogP contribution is 2.22. The van der Waals surface area contributed by atoms with Gasteiger partial charge in [-0.25, -0.2) is 8.42 Å². The van der Waals surface area contributed by atoms with Crippen LogP contribution in [0.25, 0.3) is 0 Å². The largest absolute Gasteiger partial charge is 0.494 e. The van der Waals surface area contributed by atoms with E-state index in [1.54, 1.807) is 31.2 Å². The van der Waals surface area contributed by atoms with Crippen molar-refractivity contribution in [3.63, 3.8) is 0 Å². The molecule has 1 aromatic heterocycles. The first-order valence-electron chi connectivity index (χ1n) is 5.88. The van der Waals surface area contributed by atoms with Gasteiger partial charge in [-0.15, -0.1) is 0 Å². The molecule has 0 saturated heterocycles. The van der Waals surface area contributed by atoms with Gasteiger partial charge in [0.05, 0.1) is 6.61 Å². The van der Waals surface area contributed by atoms with E-state index in [1.165, 1.54) is 0 Å². The number of aryl methyl sites for hydroxylation is 1. The van der Waals surface area contributed by atoms with Gasteiger partial charge in [-0.05, 0) is 38.1 Å². The first kappa shape index (κ1) is 14.6. The topological polar surface area (TPSA) is 88.3 Å². The first-order valence-corrected chi connectivity index (χ1v) is 8.17. The van der Waals surface area contributed by atoms with Crippen LogP contribution in [0.3, 0.4) is 0 Å². The van der Waals surface area contributed by atoms with E-state index >= 15 is 0 Å². The fraction of sp³-hybridized carbons (Fsp3) is 0.250. The first-order chi connectivity index (χ1) is 9.42. The van der Waals surface area contributed by atoms with Gasteiger partial charge in [-0.1, -0.05) is 11.3 Å². The van der Waals surface area contributed by atoms with Gasteiger partial charge in [-0.3, -0.25) is 9.52 Å². The number of hydrogen-bond acceptors (Lipinski definition) is 5. The molecule has 0 unspecified atom stereocenters. The lowest BCUT2D eigenvalue weighted by molar-refractivity contribution is 0.340. The summed E-state index contributed by atoms with van der Waals surface area (Å²) in [5.41, 5.74) is 0.743. The molecule has 1 aromatic carbocycles. The maximum Gasteiger partial charge on any atom is 0.306 e. The minimum absolute atomic E-state index is 0.00335. The molecule has 0 amide bonds. The third-order valence-electron chi connectivity index (χ3n) is 2.44. The Balaban J connectivity index is 2.24. The van der Waals surface area contributed by atoms with E-state index in [4.69, 9.17) is 4.74 Å². The number of hydrogen-bond donors (Lipinski definition) is 2. The van der Waals surface area contributed by atoms with Crippen molar-refractivity contribution in [2.24, 2.45) is 0 Å². The number of anilines is 1. The van der Waals surface area contributed by atoms with E-state index < -0.39 is 14.9 Å². The third-order valence-corrected chi connectivity index (χ3v) is 5.43. The molecule has 0 spiro atoms. The number of H-pyrrole nitrogens is 1. The Hall–Kier alpha value is -1.80. The van der Waals surface area contributed by atoms with E-state index in [0.29, 0.717) is 35.1 Å². The van der Waals surface area contributed by atoms with Gasteiger partial charge in [0, 0.05) is 11.4 Å². The summed E-state index contributed by atoms with van der Waals surface area (Å²) in [6.07, 6.45) is 0. The van der Waals surface area contributed by atoms with Crippen LogP contribution in [0.15, 0.2) is 33.3 Å². The summed E-state index contributed by atoms with van der Waals surface area (Å²) in [7, 11) is -3.75. The highest BCUT2D eigenvalue weighted by molar-refractivity contribution is 7.94. The zero-order valence-corrected chi connectivity index (χ0v) is 12.6. The van der Waals surface area contributed by atoms with Crippen LogP contribution in [0.5, 0.6) is 5.75 Å². The van der Waals surface area contributed by atoms with Gasteiger partial charge in [0.15, 0.2) is 4.21 Å². The lowest BCUT2D eigenvalue weighted by Gasteiger charge is -2.08. The minimum atomic E-state index is -3.75.